The van der Waals surface area contributed by atoms with E-state index >= 15 is 0 Å². The molecule has 4 aromatic rings. The van der Waals surface area contributed by atoms with Gasteiger partial charge in [0.05, 0.1) is 16.5 Å². The standard InChI is InChI=1S/C26H28F2N4O5S/c1-2-23-22-10-9-19(15-24(22)31-30-23)36-12-11-29-16-25(33)17-5-3-6-18(13-17)32-38(34,35)21-8-4-7-20(14-21)37-26(27)28/h3-10,13-15,25-26,29,32-33H,2,11-12,16H2,1H3,(H,30,31)/t25-/m0/s1. The summed E-state index contributed by atoms with van der Waals surface area (Å²) in [5.41, 5.74) is 2.62. The molecule has 4 N–H and O–H groups in total. The number of aliphatic hydroxyl groups is 1. The predicted molar refractivity (Wildman–Crippen MR) is 139 cm³/mol. The van der Waals surface area contributed by atoms with Crippen LogP contribution in [0.1, 0.15) is 24.3 Å². The number of ether oxygens (including phenoxy) is 2. The van der Waals surface area contributed by atoms with Crippen LogP contribution >= 0.6 is 0 Å². The van der Waals surface area contributed by atoms with Gasteiger partial charge in [-0.1, -0.05) is 25.1 Å². The summed E-state index contributed by atoms with van der Waals surface area (Å²) in [4.78, 5) is -0.236. The van der Waals surface area contributed by atoms with E-state index in [-0.39, 0.29) is 22.9 Å². The fourth-order valence-corrected chi connectivity index (χ4v) is 4.93. The minimum absolute atomic E-state index is 0.213. The van der Waals surface area contributed by atoms with Crippen LogP contribution in [0.5, 0.6) is 11.5 Å². The van der Waals surface area contributed by atoms with E-state index in [4.69, 9.17) is 4.74 Å². The first-order valence-electron chi connectivity index (χ1n) is 11.9. The van der Waals surface area contributed by atoms with Crippen molar-refractivity contribution in [2.45, 2.75) is 31.0 Å². The number of benzene rings is 3. The molecule has 3 aromatic carbocycles. The maximum atomic E-state index is 12.7. The monoisotopic (exact) mass is 546 g/mol. The van der Waals surface area contributed by atoms with Crippen molar-refractivity contribution < 1.29 is 31.8 Å². The molecule has 0 aliphatic rings. The molecule has 0 aliphatic carbocycles. The van der Waals surface area contributed by atoms with E-state index in [0.717, 1.165) is 29.1 Å². The number of alkyl halides is 2. The van der Waals surface area contributed by atoms with Crippen molar-refractivity contribution in [3.05, 3.63) is 78.0 Å². The van der Waals surface area contributed by atoms with Gasteiger partial charge >= 0.3 is 6.61 Å². The number of hydrogen-bond acceptors (Lipinski definition) is 7. The Balaban J connectivity index is 1.28. The summed E-state index contributed by atoms with van der Waals surface area (Å²) in [6, 6.07) is 16.8. The van der Waals surface area contributed by atoms with Crippen molar-refractivity contribution >= 4 is 26.6 Å². The van der Waals surface area contributed by atoms with Crippen LogP contribution in [-0.4, -0.2) is 50.0 Å². The Morgan fingerprint density at radius 1 is 1.05 bits per heavy atom. The molecule has 1 heterocycles. The fourth-order valence-electron chi connectivity index (χ4n) is 3.85. The van der Waals surface area contributed by atoms with Crippen LogP contribution in [0.2, 0.25) is 0 Å². The third-order valence-electron chi connectivity index (χ3n) is 5.71. The van der Waals surface area contributed by atoms with Gasteiger partial charge < -0.3 is 19.9 Å². The Bertz CT molecular complexity index is 1480. The minimum Gasteiger partial charge on any atom is -0.492 e. The van der Waals surface area contributed by atoms with Crippen molar-refractivity contribution in [3.8, 4) is 11.5 Å². The van der Waals surface area contributed by atoms with Gasteiger partial charge in [-0.3, -0.25) is 9.82 Å². The normalized spacial score (nSPS) is 12.6. The number of nitrogens with one attached hydrogen (secondary N) is 3. The SMILES string of the molecule is CCc1[nH]nc2cc(OCCNC[C@H](O)c3cccc(NS(=O)(=O)c4cccc(OC(F)F)c4)c3)ccc12. The smallest absolute Gasteiger partial charge is 0.387 e. The summed E-state index contributed by atoms with van der Waals surface area (Å²) in [5.74, 6) is 0.426. The molecule has 0 bridgehead atoms. The number of sulfonamides is 1. The third-order valence-corrected chi connectivity index (χ3v) is 7.09. The third kappa shape index (κ3) is 6.97. The zero-order chi connectivity index (χ0) is 27.1. The Morgan fingerprint density at radius 2 is 1.87 bits per heavy atom. The average molecular weight is 547 g/mol. The first-order valence-corrected chi connectivity index (χ1v) is 13.4. The van der Waals surface area contributed by atoms with Crippen LogP contribution in [0.4, 0.5) is 14.5 Å². The van der Waals surface area contributed by atoms with E-state index in [2.05, 4.69) is 31.9 Å². The van der Waals surface area contributed by atoms with Gasteiger partial charge in [0, 0.05) is 42.0 Å². The lowest BCUT2D eigenvalue weighted by molar-refractivity contribution is -0.0499. The van der Waals surface area contributed by atoms with Gasteiger partial charge in [0.25, 0.3) is 10.0 Å². The molecule has 1 aromatic heterocycles. The number of anilines is 1. The summed E-state index contributed by atoms with van der Waals surface area (Å²) in [6.45, 7) is 0.0455. The molecule has 0 amide bonds. The van der Waals surface area contributed by atoms with Crippen LogP contribution in [0.25, 0.3) is 10.9 Å². The molecule has 12 heteroatoms. The highest BCUT2D eigenvalue weighted by Gasteiger charge is 2.17. The number of H-pyrrole nitrogens is 1. The molecular formula is C26H28F2N4O5S. The second-order valence-corrected chi connectivity index (χ2v) is 10.1. The number of rotatable bonds is 13. The van der Waals surface area contributed by atoms with Crippen LogP contribution in [0.15, 0.2) is 71.6 Å². The Kier molecular flexibility index (Phi) is 8.77. The van der Waals surface area contributed by atoms with E-state index in [1.165, 1.54) is 30.3 Å². The summed E-state index contributed by atoms with van der Waals surface area (Å²) >= 11 is 0. The lowest BCUT2D eigenvalue weighted by Gasteiger charge is -2.15. The van der Waals surface area contributed by atoms with E-state index in [1.807, 2.05) is 18.2 Å². The topological polar surface area (TPSA) is 126 Å². The van der Waals surface area contributed by atoms with Crippen molar-refractivity contribution in [2.24, 2.45) is 0 Å². The molecule has 1 atom stereocenters. The van der Waals surface area contributed by atoms with Gasteiger partial charge in [-0.15, -0.1) is 0 Å². The van der Waals surface area contributed by atoms with Gasteiger partial charge in [0.2, 0.25) is 0 Å². The zero-order valence-corrected chi connectivity index (χ0v) is 21.3. The lowest BCUT2D eigenvalue weighted by atomic mass is 10.1. The first kappa shape index (κ1) is 27.3. The average Bonchev–Trinajstić information content (AvgIpc) is 3.30. The van der Waals surface area contributed by atoms with Crippen LogP contribution < -0.4 is 19.5 Å². The van der Waals surface area contributed by atoms with Crippen molar-refractivity contribution in [3.63, 3.8) is 0 Å². The lowest BCUT2D eigenvalue weighted by Crippen LogP contribution is -2.26. The van der Waals surface area contributed by atoms with Gasteiger partial charge in [-0.25, -0.2) is 8.42 Å². The van der Waals surface area contributed by atoms with Crippen LogP contribution in [0.3, 0.4) is 0 Å². The number of hydrogen-bond donors (Lipinski definition) is 4. The highest BCUT2D eigenvalue weighted by atomic mass is 32.2. The van der Waals surface area contributed by atoms with Gasteiger partial charge in [0.1, 0.15) is 18.1 Å². The second kappa shape index (κ2) is 12.2. The maximum absolute atomic E-state index is 12.7. The molecule has 4 rings (SSSR count). The van der Waals surface area contributed by atoms with Crippen LogP contribution in [-0.2, 0) is 16.4 Å². The largest absolute Gasteiger partial charge is 0.492 e. The van der Waals surface area contributed by atoms with E-state index in [9.17, 15) is 22.3 Å². The number of fused-ring (bicyclic) bond motifs is 1. The number of aliphatic hydroxyl groups excluding tert-OH is 1. The fraction of sp³-hybridized carbons (Fsp3) is 0.269. The van der Waals surface area contributed by atoms with Crippen molar-refractivity contribution in [2.75, 3.05) is 24.4 Å². The highest BCUT2D eigenvalue weighted by molar-refractivity contribution is 7.92. The van der Waals surface area contributed by atoms with Crippen LogP contribution in [0, 0.1) is 0 Å². The molecule has 0 aliphatic heterocycles. The Morgan fingerprint density at radius 3 is 2.66 bits per heavy atom. The molecule has 0 spiro atoms. The molecular weight excluding hydrogens is 518 g/mol. The van der Waals surface area contributed by atoms with Crippen molar-refractivity contribution in [1.29, 1.82) is 0 Å². The van der Waals surface area contributed by atoms with E-state index in [0.29, 0.717) is 24.5 Å². The molecule has 0 radical (unpaired) electrons. The molecule has 202 valence electrons. The summed E-state index contributed by atoms with van der Waals surface area (Å²) in [5, 5.41) is 22.0. The minimum atomic E-state index is -4.07. The second-order valence-electron chi connectivity index (χ2n) is 8.39. The molecule has 9 nitrogen and oxygen atoms in total. The summed E-state index contributed by atoms with van der Waals surface area (Å²) in [7, 11) is -4.07. The number of halogens is 2. The number of aromatic amines is 1. The van der Waals surface area contributed by atoms with Crippen molar-refractivity contribution in [1.82, 2.24) is 15.5 Å². The number of nitrogens with zero attached hydrogens (tertiary/aromatic N) is 1. The molecule has 0 unspecified atom stereocenters. The highest BCUT2D eigenvalue weighted by Crippen LogP contribution is 2.24. The van der Waals surface area contributed by atoms with E-state index in [1.54, 1.807) is 12.1 Å². The predicted octanol–water partition coefficient (Wildman–Crippen LogP) is 4.23. The maximum Gasteiger partial charge on any atom is 0.387 e. The van der Waals surface area contributed by atoms with E-state index < -0.39 is 22.7 Å². The number of aryl methyl sites for hydroxylation is 1. The summed E-state index contributed by atoms with van der Waals surface area (Å²) < 4.78 is 62.8. The van der Waals surface area contributed by atoms with Gasteiger partial charge in [-0.2, -0.15) is 13.9 Å². The molecule has 38 heavy (non-hydrogen) atoms. The summed E-state index contributed by atoms with van der Waals surface area (Å²) in [6.07, 6.45) is -0.0416. The zero-order valence-electron chi connectivity index (χ0n) is 20.5. The van der Waals surface area contributed by atoms with Gasteiger partial charge in [-0.05, 0) is 48.4 Å². The quantitative estimate of drug-likeness (QED) is 0.185. The Labute approximate surface area is 218 Å². The first-order chi connectivity index (χ1) is 18.2. The molecule has 0 saturated carbocycles. The molecule has 0 saturated heterocycles. The molecule has 0 fully saturated rings. The van der Waals surface area contributed by atoms with Gasteiger partial charge in [0.15, 0.2) is 0 Å². The Hall–Kier alpha value is -3.74. The number of aromatic nitrogens is 2.